The van der Waals surface area contributed by atoms with Gasteiger partial charge in [0.25, 0.3) is 0 Å². The highest BCUT2D eigenvalue weighted by Gasteiger charge is 2.47. The van der Waals surface area contributed by atoms with Crippen molar-refractivity contribution in [3.8, 4) is 0 Å². The van der Waals surface area contributed by atoms with E-state index in [1.165, 1.54) is 0 Å². The van der Waals surface area contributed by atoms with Crippen LogP contribution >= 0.6 is 0 Å². The van der Waals surface area contributed by atoms with Gasteiger partial charge in [-0.05, 0) is 26.2 Å². The lowest BCUT2D eigenvalue weighted by Gasteiger charge is -2.46. The molecule has 0 aliphatic carbocycles. The van der Waals surface area contributed by atoms with Gasteiger partial charge >= 0.3 is 0 Å². The fourth-order valence-electron chi connectivity index (χ4n) is 2.64. The molecule has 0 spiro atoms. The highest BCUT2D eigenvalue weighted by molar-refractivity contribution is 5.99. The third-order valence-corrected chi connectivity index (χ3v) is 4.21. The van der Waals surface area contributed by atoms with E-state index in [-0.39, 0.29) is 17.9 Å². The van der Waals surface area contributed by atoms with Crippen molar-refractivity contribution in [1.82, 2.24) is 10.2 Å². The third kappa shape index (κ3) is 3.28. The Hall–Kier alpha value is -1.06. The van der Waals surface area contributed by atoms with E-state index >= 15 is 0 Å². The molecule has 0 radical (unpaired) electrons. The van der Waals surface area contributed by atoms with E-state index < -0.39 is 5.54 Å². The molecule has 1 fully saturated rings. The van der Waals surface area contributed by atoms with Gasteiger partial charge in [0.2, 0.25) is 11.8 Å². The Labute approximate surface area is 116 Å². The fourth-order valence-corrected chi connectivity index (χ4v) is 2.64. The molecule has 4 nitrogen and oxygen atoms in total. The summed E-state index contributed by atoms with van der Waals surface area (Å²) < 4.78 is 0. The Bertz CT molecular complexity index is 330. The predicted molar refractivity (Wildman–Crippen MR) is 76.8 cm³/mol. The van der Waals surface area contributed by atoms with Crippen molar-refractivity contribution < 1.29 is 9.59 Å². The average molecular weight is 268 g/mol. The zero-order valence-corrected chi connectivity index (χ0v) is 12.8. The summed E-state index contributed by atoms with van der Waals surface area (Å²) in [5, 5.41) is 2.90. The Morgan fingerprint density at radius 2 is 1.84 bits per heavy atom. The molecule has 1 saturated heterocycles. The lowest BCUT2D eigenvalue weighted by Crippen LogP contribution is -2.69. The fraction of sp³-hybridized carbons (Fsp3) is 0.867. The summed E-state index contributed by atoms with van der Waals surface area (Å²) in [7, 11) is 0. The van der Waals surface area contributed by atoms with Gasteiger partial charge in [0.1, 0.15) is 11.6 Å². The minimum Gasteiger partial charge on any atom is -0.342 e. The largest absolute Gasteiger partial charge is 0.342 e. The number of amides is 2. The number of piperazine rings is 1. The second kappa shape index (κ2) is 6.92. The SMILES string of the molecule is CCCCCN1C(=O)C(CCC)NC(=O)C1(C)CC. The Morgan fingerprint density at radius 1 is 1.16 bits per heavy atom. The van der Waals surface area contributed by atoms with Crippen molar-refractivity contribution in [1.29, 1.82) is 0 Å². The van der Waals surface area contributed by atoms with Gasteiger partial charge in [-0.1, -0.05) is 40.0 Å². The summed E-state index contributed by atoms with van der Waals surface area (Å²) in [6, 6.07) is -0.321. The average Bonchev–Trinajstić information content (AvgIpc) is 2.40. The van der Waals surface area contributed by atoms with Crippen LogP contribution in [0.4, 0.5) is 0 Å². The van der Waals surface area contributed by atoms with E-state index in [0.717, 1.165) is 32.1 Å². The van der Waals surface area contributed by atoms with Crippen LogP contribution in [0.2, 0.25) is 0 Å². The molecule has 0 aromatic rings. The van der Waals surface area contributed by atoms with Gasteiger partial charge in [0, 0.05) is 6.54 Å². The van der Waals surface area contributed by atoms with Crippen LogP contribution in [0.25, 0.3) is 0 Å². The third-order valence-electron chi connectivity index (χ3n) is 4.21. The zero-order chi connectivity index (χ0) is 14.5. The highest BCUT2D eigenvalue weighted by Crippen LogP contribution is 2.26. The van der Waals surface area contributed by atoms with E-state index in [0.29, 0.717) is 13.0 Å². The van der Waals surface area contributed by atoms with E-state index in [2.05, 4.69) is 12.2 Å². The maximum absolute atomic E-state index is 12.5. The topological polar surface area (TPSA) is 49.4 Å². The quantitative estimate of drug-likeness (QED) is 0.721. The first-order valence-corrected chi connectivity index (χ1v) is 7.63. The molecule has 0 saturated carbocycles. The van der Waals surface area contributed by atoms with Crippen LogP contribution < -0.4 is 5.32 Å². The highest BCUT2D eigenvalue weighted by atomic mass is 16.2. The van der Waals surface area contributed by atoms with Crippen molar-refractivity contribution in [3.05, 3.63) is 0 Å². The molecule has 0 bridgehead atoms. The van der Waals surface area contributed by atoms with Gasteiger partial charge in [-0.25, -0.2) is 0 Å². The normalized spacial score (nSPS) is 27.6. The van der Waals surface area contributed by atoms with Crippen LogP contribution in [0.5, 0.6) is 0 Å². The molecule has 0 aromatic carbocycles. The van der Waals surface area contributed by atoms with Crippen molar-refractivity contribution in [2.75, 3.05) is 6.54 Å². The molecule has 1 rings (SSSR count). The Kier molecular flexibility index (Phi) is 5.83. The molecule has 1 aliphatic rings. The summed E-state index contributed by atoms with van der Waals surface area (Å²) >= 11 is 0. The molecule has 2 amide bonds. The summed E-state index contributed by atoms with van der Waals surface area (Å²) in [6.45, 7) is 8.73. The zero-order valence-electron chi connectivity index (χ0n) is 12.8. The first-order valence-electron chi connectivity index (χ1n) is 7.63. The standard InChI is InChI=1S/C15H28N2O2/c1-5-8-9-11-17-13(18)12(10-6-2)16-14(19)15(17,4)7-3/h12H,5-11H2,1-4H3,(H,16,19). The molecular formula is C15H28N2O2. The maximum Gasteiger partial charge on any atom is 0.246 e. The number of nitrogens with one attached hydrogen (secondary N) is 1. The summed E-state index contributed by atoms with van der Waals surface area (Å²) in [4.78, 5) is 26.7. The first-order chi connectivity index (χ1) is 9.01. The van der Waals surface area contributed by atoms with E-state index in [1.54, 1.807) is 0 Å². The number of hydrogen-bond donors (Lipinski definition) is 1. The van der Waals surface area contributed by atoms with Crippen molar-refractivity contribution >= 4 is 11.8 Å². The van der Waals surface area contributed by atoms with Gasteiger partial charge in [-0.2, -0.15) is 0 Å². The lowest BCUT2D eigenvalue weighted by atomic mass is 9.89. The number of nitrogens with zero attached hydrogens (tertiary/aromatic N) is 1. The summed E-state index contributed by atoms with van der Waals surface area (Å²) in [5.41, 5.74) is -0.672. The first kappa shape index (κ1) is 16.0. The van der Waals surface area contributed by atoms with Crippen molar-refractivity contribution in [3.63, 3.8) is 0 Å². The number of rotatable bonds is 7. The number of carbonyl (C=O) groups excluding carboxylic acids is 2. The number of unbranched alkanes of at least 4 members (excludes halogenated alkanes) is 2. The van der Waals surface area contributed by atoms with Gasteiger partial charge in [0.05, 0.1) is 0 Å². The number of carbonyl (C=O) groups is 2. The second-order valence-corrected chi connectivity index (χ2v) is 5.64. The molecule has 1 N–H and O–H groups in total. The van der Waals surface area contributed by atoms with Crippen LogP contribution in [0.15, 0.2) is 0 Å². The molecule has 1 aliphatic heterocycles. The Morgan fingerprint density at radius 3 is 2.37 bits per heavy atom. The van der Waals surface area contributed by atoms with E-state index in [4.69, 9.17) is 0 Å². The minimum absolute atomic E-state index is 0.00421. The molecule has 1 heterocycles. The van der Waals surface area contributed by atoms with Crippen LogP contribution in [0, 0.1) is 0 Å². The Balaban J connectivity index is 2.87. The van der Waals surface area contributed by atoms with Gasteiger partial charge in [-0.15, -0.1) is 0 Å². The maximum atomic E-state index is 12.5. The monoisotopic (exact) mass is 268 g/mol. The molecule has 2 unspecified atom stereocenters. The molecule has 2 atom stereocenters. The minimum atomic E-state index is -0.672. The molecular weight excluding hydrogens is 240 g/mol. The van der Waals surface area contributed by atoms with Gasteiger partial charge in [-0.3, -0.25) is 9.59 Å². The smallest absolute Gasteiger partial charge is 0.246 e. The molecule has 0 aromatic heterocycles. The number of hydrogen-bond acceptors (Lipinski definition) is 2. The van der Waals surface area contributed by atoms with Crippen LogP contribution in [-0.4, -0.2) is 34.8 Å². The predicted octanol–water partition coefficient (Wildman–Crippen LogP) is 2.47. The van der Waals surface area contributed by atoms with Crippen LogP contribution in [0.3, 0.4) is 0 Å². The van der Waals surface area contributed by atoms with Crippen molar-refractivity contribution in [2.45, 2.75) is 77.8 Å². The van der Waals surface area contributed by atoms with Crippen LogP contribution in [0.1, 0.15) is 66.2 Å². The molecule has 110 valence electrons. The molecule has 4 heteroatoms. The van der Waals surface area contributed by atoms with Gasteiger partial charge < -0.3 is 10.2 Å². The van der Waals surface area contributed by atoms with E-state index in [9.17, 15) is 9.59 Å². The van der Waals surface area contributed by atoms with E-state index in [1.807, 2.05) is 25.7 Å². The summed E-state index contributed by atoms with van der Waals surface area (Å²) in [6.07, 6.45) is 5.50. The molecule has 19 heavy (non-hydrogen) atoms. The van der Waals surface area contributed by atoms with Crippen LogP contribution in [-0.2, 0) is 9.59 Å². The lowest BCUT2D eigenvalue weighted by molar-refractivity contribution is -0.157. The van der Waals surface area contributed by atoms with Crippen molar-refractivity contribution in [2.24, 2.45) is 0 Å². The van der Waals surface area contributed by atoms with Gasteiger partial charge in [0.15, 0.2) is 0 Å². The summed E-state index contributed by atoms with van der Waals surface area (Å²) in [5.74, 6) is 0.103. The second-order valence-electron chi connectivity index (χ2n) is 5.64.